The second-order valence-electron chi connectivity index (χ2n) is 4.83. The van der Waals surface area contributed by atoms with Crippen LogP contribution in [0, 0.1) is 0 Å². The molecule has 0 radical (unpaired) electrons. The van der Waals surface area contributed by atoms with Crippen LogP contribution in [0.4, 0.5) is 13.2 Å². The number of halogens is 3. The fourth-order valence-electron chi connectivity index (χ4n) is 2.00. The Kier molecular flexibility index (Phi) is 11.3. The predicted molar refractivity (Wildman–Crippen MR) is 76.2 cm³/mol. The van der Waals surface area contributed by atoms with E-state index in [0.717, 1.165) is 38.1 Å². The molecule has 0 saturated carbocycles. The van der Waals surface area contributed by atoms with Gasteiger partial charge in [0.2, 0.25) is 0 Å². The zero-order valence-corrected chi connectivity index (χ0v) is 14.1. The highest BCUT2D eigenvalue weighted by Gasteiger charge is 2.36. The molecule has 0 aromatic carbocycles. The third-order valence-corrected chi connectivity index (χ3v) is 6.05. The quantitative estimate of drug-likeness (QED) is 0.380. The molecule has 0 spiro atoms. The van der Waals surface area contributed by atoms with Gasteiger partial charge < -0.3 is 18.0 Å². The first-order valence-corrected chi connectivity index (χ1v) is 9.12. The highest BCUT2D eigenvalue weighted by molar-refractivity contribution is 6.60. The molecule has 0 heterocycles. The summed E-state index contributed by atoms with van der Waals surface area (Å²) in [6.07, 6.45) is 1.38. The summed E-state index contributed by atoms with van der Waals surface area (Å²) >= 11 is 0. The van der Waals surface area contributed by atoms with E-state index in [1.54, 1.807) is 21.3 Å². The summed E-state index contributed by atoms with van der Waals surface area (Å²) in [4.78, 5) is 0. The molecule has 0 fully saturated rings. The van der Waals surface area contributed by atoms with Gasteiger partial charge in [0, 0.05) is 34.0 Å². The predicted octanol–water partition coefficient (Wildman–Crippen LogP) is 3.78. The zero-order valence-electron chi connectivity index (χ0n) is 13.1. The van der Waals surface area contributed by atoms with E-state index in [0.29, 0.717) is 6.42 Å². The summed E-state index contributed by atoms with van der Waals surface area (Å²) in [7, 11) is 2.34. The standard InChI is InChI=1S/C13H27F3O4Si/c1-17-21(18-2,19-3)11-9-7-5-4-6-8-10-20-12-13(14,15)16/h4-12H2,1-3H3. The van der Waals surface area contributed by atoms with E-state index in [2.05, 4.69) is 4.74 Å². The van der Waals surface area contributed by atoms with Gasteiger partial charge in [0.1, 0.15) is 6.61 Å². The lowest BCUT2D eigenvalue weighted by molar-refractivity contribution is -0.174. The van der Waals surface area contributed by atoms with Crippen molar-refractivity contribution in [2.24, 2.45) is 0 Å². The van der Waals surface area contributed by atoms with Crippen LogP contribution in [-0.4, -0.2) is 49.5 Å². The minimum absolute atomic E-state index is 0.173. The molecule has 0 N–H and O–H groups in total. The SMILES string of the molecule is CO[Si](CCCCCCCCOCC(F)(F)F)(OC)OC. The van der Waals surface area contributed by atoms with E-state index in [-0.39, 0.29) is 6.61 Å². The van der Waals surface area contributed by atoms with Crippen LogP contribution in [0.5, 0.6) is 0 Å². The van der Waals surface area contributed by atoms with Crippen LogP contribution < -0.4 is 0 Å². The number of ether oxygens (including phenoxy) is 1. The van der Waals surface area contributed by atoms with Crippen LogP contribution in [0.15, 0.2) is 0 Å². The van der Waals surface area contributed by atoms with E-state index >= 15 is 0 Å². The van der Waals surface area contributed by atoms with Crippen molar-refractivity contribution in [2.45, 2.75) is 50.7 Å². The molecule has 0 aliphatic heterocycles. The summed E-state index contributed by atoms with van der Waals surface area (Å²) in [6, 6.07) is 0.783. The molecule has 8 heteroatoms. The van der Waals surface area contributed by atoms with Gasteiger partial charge in [-0.1, -0.05) is 25.7 Å². The Morgan fingerprint density at radius 3 is 1.71 bits per heavy atom. The van der Waals surface area contributed by atoms with E-state index in [1.807, 2.05) is 0 Å². The second kappa shape index (κ2) is 11.4. The maximum absolute atomic E-state index is 11.8. The Balaban J connectivity index is 3.41. The summed E-state index contributed by atoms with van der Waals surface area (Å²) in [6.45, 7) is -0.975. The number of rotatable bonds is 13. The Morgan fingerprint density at radius 2 is 1.24 bits per heavy atom. The molecule has 0 rings (SSSR count). The van der Waals surface area contributed by atoms with Gasteiger partial charge in [-0.25, -0.2) is 0 Å². The highest BCUT2D eigenvalue weighted by Crippen LogP contribution is 2.18. The number of unbranched alkanes of at least 4 members (excludes halogenated alkanes) is 5. The molecule has 0 aromatic heterocycles. The van der Waals surface area contributed by atoms with Crippen molar-refractivity contribution in [2.75, 3.05) is 34.5 Å². The molecule has 4 nitrogen and oxygen atoms in total. The van der Waals surface area contributed by atoms with Crippen molar-refractivity contribution < 1.29 is 31.2 Å². The van der Waals surface area contributed by atoms with Crippen LogP contribution in [-0.2, 0) is 18.0 Å². The van der Waals surface area contributed by atoms with Gasteiger partial charge >= 0.3 is 15.0 Å². The lowest BCUT2D eigenvalue weighted by Crippen LogP contribution is -2.42. The number of alkyl halides is 3. The van der Waals surface area contributed by atoms with Crippen LogP contribution in [0.1, 0.15) is 38.5 Å². The van der Waals surface area contributed by atoms with Crippen molar-refractivity contribution in [3.63, 3.8) is 0 Å². The molecule has 0 aliphatic rings. The molecule has 0 aromatic rings. The van der Waals surface area contributed by atoms with Crippen molar-refractivity contribution in [3.8, 4) is 0 Å². The summed E-state index contributed by atoms with van der Waals surface area (Å²) in [5, 5.41) is 0. The lowest BCUT2D eigenvalue weighted by Gasteiger charge is -2.24. The first kappa shape index (κ1) is 20.8. The molecule has 0 atom stereocenters. The van der Waals surface area contributed by atoms with Gasteiger partial charge in [-0.2, -0.15) is 13.2 Å². The molecule has 0 bridgehead atoms. The minimum atomic E-state index is -4.22. The first-order valence-electron chi connectivity index (χ1n) is 7.19. The van der Waals surface area contributed by atoms with Gasteiger partial charge in [-0.15, -0.1) is 0 Å². The molecule has 21 heavy (non-hydrogen) atoms. The van der Waals surface area contributed by atoms with Crippen LogP contribution in [0.2, 0.25) is 6.04 Å². The van der Waals surface area contributed by atoms with Gasteiger partial charge in [0.25, 0.3) is 0 Å². The van der Waals surface area contributed by atoms with Crippen molar-refractivity contribution in [1.29, 1.82) is 0 Å². The molecule has 128 valence electrons. The Bertz CT molecular complexity index is 240. The Labute approximate surface area is 126 Å². The van der Waals surface area contributed by atoms with Crippen molar-refractivity contribution in [1.82, 2.24) is 0 Å². The van der Waals surface area contributed by atoms with Gasteiger partial charge in [0.05, 0.1) is 0 Å². The third-order valence-electron chi connectivity index (χ3n) is 3.22. The zero-order chi connectivity index (χ0) is 16.2. The van der Waals surface area contributed by atoms with Gasteiger partial charge in [-0.3, -0.25) is 0 Å². The van der Waals surface area contributed by atoms with E-state index in [9.17, 15) is 13.2 Å². The summed E-state index contributed by atoms with van der Waals surface area (Å²) in [5.41, 5.74) is 0. The average Bonchev–Trinajstić information content (AvgIpc) is 2.44. The van der Waals surface area contributed by atoms with Gasteiger partial charge in [0.15, 0.2) is 0 Å². The fourth-order valence-corrected chi connectivity index (χ4v) is 3.79. The molecular formula is C13H27F3O4Si. The van der Waals surface area contributed by atoms with E-state index < -0.39 is 21.6 Å². The summed E-state index contributed by atoms with van der Waals surface area (Å²) in [5.74, 6) is 0. The van der Waals surface area contributed by atoms with Crippen LogP contribution >= 0.6 is 0 Å². The van der Waals surface area contributed by atoms with Crippen molar-refractivity contribution in [3.05, 3.63) is 0 Å². The fraction of sp³-hybridized carbons (Fsp3) is 1.00. The lowest BCUT2D eigenvalue weighted by atomic mass is 10.1. The summed E-state index contributed by atoms with van der Waals surface area (Å²) < 4.78 is 55.9. The Hall–Kier alpha value is -0.153. The Morgan fingerprint density at radius 1 is 0.762 bits per heavy atom. The molecular weight excluding hydrogens is 305 g/mol. The molecule has 0 aliphatic carbocycles. The smallest absolute Gasteiger partial charge is 0.377 e. The first-order chi connectivity index (χ1) is 9.89. The number of hydrogen-bond acceptors (Lipinski definition) is 4. The van der Waals surface area contributed by atoms with E-state index in [1.165, 1.54) is 0 Å². The maximum atomic E-state index is 11.8. The molecule has 0 saturated heterocycles. The van der Waals surface area contributed by atoms with Crippen LogP contribution in [0.3, 0.4) is 0 Å². The highest BCUT2D eigenvalue weighted by atomic mass is 28.4. The normalized spacial score (nSPS) is 12.9. The minimum Gasteiger partial charge on any atom is -0.377 e. The van der Waals surface area contributed by atoms with Gasteiger partial charge in [-0.05, 0) is 12.8 Å². The molecule has 0 amide bonds. The third kappa shape index (κ3) is 11.1. The monoisotopic (exact) mass is 332 g/mol. The topological polar surface area (TPSA) is 36.9 Å². The molecule has 0 unspecified atom stereocenters. The largest absolute Gasteiger partial charge is 0.500 e. The average molecular weight is 332 g/mol. The number of hydrogen-bond donors (Lipinski definition) is 0. The van der Waals surface area contributed by atoms with Crippen LogP contribution in [0.25, 0.3) is 0 Å². The maximum Gasteiger partial charge on any atom is 0.500 e. The van der Waals surface area contributed by atoms with E-state index in [4.69, 9.17) is 13.3 Å². The van der Waals surface area contributed by atoms with Crippen molar-refractivity contribution >= 4 is 8.80 Å². The second-order valence-corrected chi connectivity index (χ2v) is 7.93.